The summed E-state index contributed by atoms with van der Waals surface area (Å²) in [6.45, 7) is 3.80. The van der Waals surface area contributed by atoms with Crippen molar-refractivity contribution in [2.75, 3.05) is 12.3 Å². The van der Waals surface area contributed by atoms with Crippen LogP contribution in [-0.4, -0.2) is 32.3 Å². The Kier molecular flexibility index (Phi) is 3.64. The van der Waals surface area contributed by atoms with Crippen molar-refractivity contribution in [1.82, 2.24) is 19.7 Å². The van der Waals surface area contributed by atoms with E-state index in [9.17, 15) is 4.79 Å². The molecule has 2 heterocycles. The number of carbonyl (C=O) groups excluding carboxylic acids is 1. The van der Waals surface area contributed by atoms with Crippen LogP contribution in [0.15, 0.2) is 6.33 Å². The highest BCUT2D eigenvalue weighted by molar-refractivity contribution is 14.1. The van der Waals surface area contributed by atoms with Crippen molar-refractivity contribution in [1.29, 1.82) is 0 Å². The molecule has 0 spiro atoms. The first-order chi connectivity index (χ1) is 8.56. The second-order valence-electron chi connectivity index (χ2n) is 3.62. The molecule has 8 heteroatoms. The van der Waals surface area contributed by atoms with Gasteiger partial charge in [0, 0.05) is 0 Å². The summed E-state index contributed by atoms with van der Waals surface area (Å²) < 4.78 is 7.14. The monoisotopic (exact) mass is 361 g/mol. The largest absolute Gasteiger partial charge is 0.464 e. The summed E-state index contributed by atoms with van der Waals surface area (Å²) in [6, 6.07) is -0.551. The van der Waals surface area contributed by atoms with Crippen LogP contribution in [0.3, 0.4) is 0 Å². The highest BCUT2D eigenvalue weighted by Gasteiger charge is 2.22. The zero-order valence-corrected chi connectivity index (χ0v) is 12.1. The third-order valence-electron chi connectivity index (χ3n) is 2.47. The standard InChI is InChI=1S/C10H12IN5O2/c1-3-18-10(17)5(2)16-9-6(7(11)15-16)8(12)13-4-14-9/h4-5H,3H2,1-2H3,(H2,12,13,14). The molecule has 0 saturated heterocycles. The Labute approximate surface area is 117 Å². The first-order valence-corrected chi connectivity index (χ1v) is 6.45. The second-order valence-corrected chi connectivity index (χ2v) is 4.64. The van der Waals surface area contributed by atoms with E-state index in [0.29, 0.717) is 27.2 Å². The number of nitrogens with two attached hydrogens (primary N) is 1. The molecule has 0 aliphatic heterocycles. The number of fused-ring (bicyclic) bond motifs is 1. The van der Waals surface area contributed by atoms with E-state index in [1.54, 1.807) is 13.8 Å². The predicted molar refractivity (Wildman–Crippen MR) is 73.8 cm³/mol. The number of hydrogen-bond donors (Lipinski definition) is 1. The number of anilines is 1. The second kappa shape index (κ2) is 5.04. The van der Waals surface area contributed by atoms with Crippen LogP contribution in [0.25, 0.3) is 11.0 Å². The predicted octanol–water partition coefficient (Wildman–Crippen LogP) is 1.14. The summed E-state index contributed by atoms with van der Waals surface area (Å²) in [4.78, 5) is 19.8. The van der Waals surface area contributed by atoms with Gasteiger partial charge in [-0.1, -0.05) is 0 Å². The fraction of sp³-hybridized carbons (Fsp3) is 0.400. The van der Waals surface area contributed by atoms with Crippen LogP contribution in [-0.2, 0) is 9.53 Å². The number of esters is 1. The summed E-state index contributed by atoms with van der Waals surface area (Å²) in [5.74, 6) is 0.00203. The Hall–Kier alpha value is -1.45. The number of ether oxygens (including phenoxy) is 1. The minimum atomic E-state index is -0.551. The number of nitrogens with zero attached hydrogens (tertiary/aromatic N) is 4. The van der Waals surface area contributed by atoms with Gasteiger partial charge in [-0.15, -0.1) is 0 Å². The average molecular weight is 361 g/mol. The van der Waals surface area contributed by atoms with Gasteiger partial charge in [0.05, 0.1) is 12.0 Å². The molecule has 96 valence electrons. The molecule has 0 bridgehead atoms. The van der Waals surface area contributed by atoms with Crippen LogP contribution >= 0.6 is 22.6 Å². The molecule has 2 aromatic heterocycles. The zero-order valence-electron chi connectivity index (χ0n) is 9.92. The summed E-state index contributed by atoms with van der Waals surface area (Å²) >= 11 is 2.04. The Morgan fingerprint density at radius 3 is 3.00 bits per heavy atom. The van der Waals surface area contributed by atoms with Crippen LogP contribution in [0.5, 0.6) is 0 Å². The fourth-order valence-corrected chi connectivity index (χ4v) is 2.34. The molecule has 1 atom stereocenters. The van der Waals surface area contributed by atoms with E-state index in [-0.39, 0.29) is 5.97 Å². The van der Waals surface area contributed by atoms with Crippen LogP contribution in [0.4, 0.5) is 5.82 Å². The normalized spacial score (nSPS) is 12.6. The smallest absolute Gasteiger partial charge is 0.330 e. The van der Waals surface area contributed by atoms with Gasteiger partial charge in [0.25, 0.3) is 0 Å². The van der Waals surface area contributed by atoms with Crippen molar-refractivity contribution in [2.24, 2.45) is 0 Å². The number of halogens is 1. The van der Waals surface area contributed by atoms with E-state index in [1.807, 2.05) is 22.6 Å². The van der Waals surface area contributed by atoms with Gasteiger partial charge >= 0.3 is 5.97 Å². The van der Waals surface area contributed by atoms with Crippen LogP contribution in [0.2, 0.25) is 0 Å². The SMILES string of the molecule is CCOC(=O)C(C)n1nc(I)c2c(N)ncnc21. The molecule has 7 nitrogen and oxygen atoms in total. The molecule has 0 aliphatic rings. The van der Waals surface area contributed by atoms with Crippen molar-refractivity contribution < 1.29 is 9.53 Å². The van der Waals surface area contributed by atoms with Crippen molar-refractivity contribution >= 4 is 45.4 Å². The summed E-state index contributed by atoms with van der Waals surface area (Å²) in [7, 11) is 0. The number of nitrogen functional groups attached to an aromatic ring is 1. The zero-order chi connectivity index (χ0) is 13.3. The van der Waals surface area contributed by atoms with Crippen LogP contribution in [0, 0.1) is 3.70 Å². The minimum Gasteiger partial charge on any atom is -0.464 e. The molecule has 18 heavy (non-hydrogen) atoms. The molecule has 0 amide bonds. The number of aromatic nitrogens is 4. The molecule has 2 rings (SSSR count). The van der Waals surface area contributed by atoms with Crippen molar-refractivity contribution in [2.45, 2.75) is 19.9 Å². The van der Waals surface area contributed by atoms with Gasteiger partial charge in [-0.25, -0.2) is 19.4 Å². The summed E-state index contributed by atoms with van der Waals surface area (Å²) in [5, 5.41) is 4.94. The van der Waals surface area contributed by atoms with Gasteiger partial charge in [-0.2, -0.15) is 5.10 Å². The fourth-order valence-electron chi connectivity index (χ4n) is 1.59. The quantitative estimate of drug-likeness (QED) is 0.651. The maximum Gasteiger partial charge on any atom is 0.330 e. The molecule has 0 radical (unpaired) electrons. The number of carbonyl (C=O) groups is 1. The van der Waals surface area contributed by atoms with E-state index in [2.05, 4.69) is 15.1 Å². The van der Waals surface area contributed by atoms with Gasteiger partial charge in [-0.05, 0) is 36.4 Å². The maximum absolute atomic E-state index is 11.7. The lowest BCUT2D eigenvalue weighted by Crippen LogP contribution is -2.20. The summed E-state index contributed by atoms with van der Waals surface area (Å²) in [5.41, 5.74) is 6.31. The Bertz CT molecular complexity index is 597. The minimum absolute atomic E-state index is 0.330. The first kappa shape index (κ1) is 13.0. The number of hydrogen-bond acceptors (Lipinski definition) is 6. The van der Waals surface area contributed by atoms with Gasteiger partial charge < -0.3 is 10.5 Å². The van der Waals surface area contributed by atoms with Gasteiger partial charge in [-0.3, -0.25) is 0 Å². The summed E-state index contributed by atoms with van der Waals surface area (Å²) in [6.07, 6.45) is 1.35. The average Bonchev–Trinajstić information content (AvgIpc) is 2.67. The van der Waals surface area contributed by atoms with E-state index in [4.69, 9.17) is 10.5 Å². The van der Waals surface area contributed by atoms with Gasteiger partial charge in [0.1, 0.15) is 21.9 Å². The van der Waals surface area contributed by atoms with E-state index < -0.39 is 6.04 Å². The Morgan fingerprint density at radius 2 is 2.33 bits per heavy atom. The van der Waals surface area contributed by atoms with Crippen molar-refractivity contribution in [3.8, 4) is 0 Å². The Balaban J connectivity index is 2.52. The first-order valence-electron chi connectivity index (χ1n) is 5.37. The molecule has 0 aromatic carbocycles. The maximum atomic E-state index is 11.7. The highest BCUT2D eigenvalue weighted by atomic mass is 127. The van der Waals surface area contributed by atoms with Gasteiger partial charge in [0.15, 0.2) is 5.65 Å². The third kappa shape index (κ3) is 2.11. The third-order valence-corrected chi connectivity index (χ3v) is 3.23. The van der Waals surface area contributed by atoms with Gasteiger partial charge in [0.2, 0.25) is 0 Å². The van der Waals surface area contributed by atoms with Crippen molar-refractivity contribution in [3.63, 3.8) is 0 Å². The van der Waals surface area contributed by atoms with Crippen LogP contribution < -0.4 is 5.73 Å². The molecule has 2 N–H and O–H groups in total. The molecule has 0 aliphatic carbocycles. The highest BCUT2D eigenvalue weighted by Crippen LogP contribution is 2.25. The Morgan fingerprint density at radius 1 is 1.61 bits per heavy atom. The lowest BCUT2D eigenvalue weighted by Gasteiger charge is -2.11. The van der Waals surface area contributed by atoms with Crippen molar-refractivity contribution in [3.05, 3.63) is 10.0 Å². The van der Waals surface area contributed by atoms with E-state index in [1.165, 1.54) is 11.0 Å². The van der Waals surface area contributed by atoms with E-state index >= 15 is 0 Å². The molecule has 2 aromatic rings. The molecular formula is C10H12IN5O2. The molecular weight excluding hydrogens is 349 g/mol. The number of rotatable bonds is 3. The molecule has 0 saturated carbocycles. The van der Waals surface area contributed by atoms with Crippen LogP contribution in [0.1, 0.15) is 19.9 Å². The molecule has 0 fully saturated rings. The topological polar surface area (TPSA) is 95.9 Å². The lowest BCUT2D eigenvalue weighted by atomic mass is 10.3. The molecule has 1 unspecified atom stereocenters. The van der Waals surface area contributed by atoms with E-state index in [0.717, 1.165) is 0 Å². The lowest BCUT2D eigenvalue weighted by molar-refractivity contribution is -0.146.